The Morgan fingerprint density at radius 3 is 2.73 bits per heavy atom. The Morgan fingerprint density at radius 1 is 1.30 bits per heavy atom. The summed E-state index contributed by atoms with van der Waals surface area (Å²) in [5, 5.41) is 14.9. The van der Waals surface area contributed by atoms with Gasteiger partial charge in [0.2, 0.25) is 0 Å². The highest BCUT2D eigenvalue weighted by Crippen LogP contribution is 2.39. The summed E-state index contributed by atoms with van der Waals surface area (Å²) in [6.07, 6.45) is 8.84. The zero-order valence-corrected chi connectivity index (χ0v) is 22.0. The Morgan fingerprint density at radius 2 is 2.08 bits per heavy atom. The number of aromatic nitrogens is 2. The van der Waals surface area contributed by atoms with Crippen LogP contribution in [0.25, 0.3) is 22.4 Å². The number of nitrogens with zero attached hydrogens (tertiary/aromatic N) is 4. The summed E-state index contributed by atoms with van der Waals surface area (Å²) < 4.78 is 17.7. The number of likely N-dealkylation sites (tertiary alicyclic amines) is 1. The minimum Gasteiger partial charge on any atom is -0.507 e. The quantitative estimate of drug-likeness (QED) is 0.339. The minimum atomic E-state index is -0.517. The first-order valence-electron chi connectivity index (χ1n) is 12.1. The number of hydrogen-bond acceptors (Lipinski definition) is 5. The monoisotopic (exact) mass is 523 g/mol. The molecule has 0 saturated carbocycles. The molecule has 2 aromatic carbocycles. The number of aryl methyl sites for hydroxylation is 1. The summed E-state index contributed by atoms with van der Waals surface area (Å²) in [7, 11) is 3.61. The summed E-state index contributed by atoms with van der Waals surface area (Å²) in [5.74, 6) is -0.621. The van der Waals surface area contributed by atoms with E-state index in [1.165, 1.54) is 27.5 Å². The van der Waals surface area contributed by atoms with Crippen LogP contribution in [-0.4, -0.2) is 52.0 Å². The predicted octanol–water partition coefficient (Wildman–Crippen LogP) is 4.97. The van der Waals surface area contributed by atoms with Crippen LogP contribution in [0, 0.1) is 5.82 Å². The smallest absolute Gasteiger partial charge is 0.332 e. The number of aliphatic imine (C=N–C) groups is 1. The molecule has 0 radical (unpaired) electrons. The Hall–Kier alpha value is -3.62. The third-order valence-electron chi connectivity index (χ3n) is 6.77. The lowest BCUT2D eigenvalue weighted by Gasteiger charge is -2.35. The second kappa shape index (κ2) is 11.2. The molecule has 1 aromatic heterocycles. The molecular weight excluding hydrogens is 493 g/mol. The number of nitrogens with one attached hydrogen (secondary N) is 1. The van der Waals surface area contributed by atoms with Crippen molar-refractivity contribution in [3.8, 4) is 22.6 Å². The van der Waals surface area contributed by atoms with Crippen molar-refractivity contribution in [3.63, 3.8) is 0 Å². The van der Waals surface area contributed by atoms with Crippen LogP contribution in [0.15, 0.2) is 70.5 Å². The van der Waals surface area contributed by atoms with E-state index in [1.54, 1.807) is 37.6 Å². The average molecular weight is 524 g/mol. The number of imidazole rings is 1. The normalized spacial score (nSPS) is 16.8. The molecule has 194 valence electrons. The number of piperidine rings is 1. The van der Waals surface area contributed by atoms with Gasteiger partial charge < -0.3 is 19.9 Å². The molecule has 0 spiro atoms. The second-order valence-corrected chi connectivity index (χ2v) is 9.61. The van der Waals surface area contributed by atoms with Crippen LogP contribution in [0.5, 0.6) is 5.75 Å². The first-order chi connectivity index (χ1) is 17.7. The maximum absolute atomic E-state index is 14.9. The number of likely N-dealkylation sites (N-methyl/N-ethyl adjacent to an activating group) is 1. The van der Waals surface area contributed by atoms with Crippen molar-refractivity contribution in [2.45, 2.75) is 25.8 Å². The SMILES string of the molecule is C=N/C=C(\C=C(/C)N1CCC[C@H](NC)C1)c1cc(F)cc(-c2ccc(-n3ccn(C)c3=O)c(Cl)c2)c1O. The lowest BCUT2D eigenvalue weighted by Crippen LogP contribution is -2.43. The molecule has 1 atom stereocenters. The maximum Gasteiger partial charge on any atom is 0.332 e. The lowest BCUT2D eigenvalue weighted by molar-refractivity contribution is 0.242. The van der Waals surface area contributed by atoms with E-state index in [9.17, 15) is 14.3 Å². The van der Waals surface area contributed by atoms with Gasteiger partial charge in [-0.2, -0.15) is 0 Å². The predicted molar refractivity (Wildman–Crippen MR) is 148 cm³/mol. The minimum absolute atomic E-state index is 0.104. The Bertz CT molecular complexity index is 1440. The van der Waals surface area contributed by atoms with Gasteiger partial charge in [-0.1, -0.05) is 17.7 Å². The summed E-state index contributed by atoms with van der Waals surface area (Å²) in [6.45, 7) is 7.34. The molecule has 1 saturated heterocycles. The molecule has 9 heteroatoms. The zero-order valence-electron chi connectivity index (χ0n) is 21.2. The van der Waals surface area contributed by atoms with Crippen molar-refractivity contribution >= 4 is 23.9 Å². The molecule has 2 N–H and O–H groups in total. The van der Waals surface area contributed by atoms with Crippen LogP contribution in [-0.2, 0) is 7.05 Å². The number of rotatable bonds is 7. The Labute approximate surface area is 220 Å². The fourth-order valence-corrected chi connectivity index (χ4v) is 4.96. The summed E-state index contributed by atoms with van der Waals surface area (Å²) in [6, 6.07) is 7.92. The molecule has 1 aliphatic rings. The van der Waals surface area contributed by atoms with Gasteiger partial charge in [-0.25, -0.2) is 9.18 Å². The Balaban J connectivity index is 1.74. The van der Waals surface area contributed by atoms with Crippen LogP contribution >= 0.6 is 11.6 Å². The molecule has 7 nitrogen and oxygen atoms in total. The fourth-order valence-electron chi connectivity index (χ4n) is 4.69. The number of phenols is 1. The van der Waals surface area contributed by atoms with Crippen molar-refractivity contribution in [3.05, 3.63) is 87.6 Å². The van der Waals surface area contributed by atoms with Gasteiger partial charge in [-0.3, -0.25) is 9.56 Å². The lowest BCUT2D eigenvalue weighted by atomic mass is 9.96. The van der Waals surface area contributed by atoms with E-state index >= 15 is 0 Å². The summed E-state index contributed by atoms with van der Waals surface area (Å²) in [4.78, 5) is 18.5. The van der Waals surface area contributed by atoms with Gasteiger partial charge in [0.05, 0.1) is 10.7 Å². The third-order valence-corrected chi connectivity index (χ3v) is 7.08. The molecule has 0 amide bonds. The molecule has 0 aliphatic carbocycles. The summed E-state index contributed by atoms with van der Waals surface area (Å²) in [5.41, 5.74) is 2.85. The van der Waals surface area contributed by atoms with E-state index in [1.807, 2.05) is 20.0 Å². The van der Waals surface area contributed by atoms with Gasteiger partial charge in [0.1, 0.15) is 11.6 Å². The Kier molecular flexibility index (Phi) is 8.00. The number of benzene rings is 2. The molecule has 1 fully saturated rings. The molecule has 1 aliphatic heterocycles. The van der Waals surface area contributed by atoms with E-state index in [0.29, 0.717) is 33.5 Å². The number of allylic oxidation sites excluding steroid dienone is 3. The van der Waals surface area contributed by atoms with E-state index < -0.39 is 5.82 Å². The average Bonchev–Trinajstić information content (AvgIpc) is 3.22. The topological polar surface area (TPSA) is 74.8 Å². The van der Waals surface area contributed by atoms with Crippen molar-refractivity contribution in [2.24, 2.45) is 12.0 Å². The van der Waals surface area contributed by atoms with Crippen LogP contribution < -0.4 is 11.0 Å². The number of aromatic hydroxyl groups is 1. The van der Waals surface area contributed by atoms with Crippen LogP contribution in [0.1, 0.15) is 25.3 Å². The highest BCUT2D eigenvalue weighted by Gasteiger charge is 2.20. The molecule has 0 bridgehead atoms. The first kappa shape index (κ1) is 26.4. The van der Waals surface area contributed by atoms with Crippen molar-refractivity contribution in [1.82, 2.24) is 19.4 Å². The molecular formula is C28H31ClFN5O2. The molecule has 0 unspecified atom stereocenters. The third kappa shape index (κ3) is 5.55. The van der Waals surface area contributed by atoms with Gasteiger partial charge >= 0.3 is 5.69 Å². The number of phenolic OH excluding ortho intramolecular Hbond substituents is 1. The fraction of sp³-hybridized carbons (Fsp3) is 0.286. The highest BCUT2D eigenvalue weighted by molar-refractivity contribution is 6.32. The molecule has 4 rings (SSSR count). The van der Waals surface area contributed by atoms with Crippen molar-refractivity contribution in [1.29, 1.82) is 0 Å². The first-order valence-corrected chi connectivity index (χ1v) is 12.4. The van der Waals surface area contributed by atoms with Crippen LogP contribution in [0.3, 0.4) is 0 Å². The van der Waals surface area contributed by atoms with Gasteiger partial charge in [0.25, 0.3) is 0 Å². The largest absolute Gasteiger partial charge is 0.507 e. The van der Waals surface area contributed by atoms with Crippen LogP contribution in [0.4, 0.5) is 4.39 Å². The number of halogens is 2. The second-order valence-electron chi connectivity index (χ2n) is 9.20. The van der Waals surface area contributed by atoms with E-state index in [4.69, 9.17) is 11.6 Å². The highest BCUT2D eigenvalue weighted by atomic mass is 35.5. The molecule has 2 heterocycles. The van der Waals surface area contributed by atoms with Gasteiger partial charge in [0.15, 0.2) is 0 Å². The summed E-state index contributed by atoms with van der Waals surface area (Å²) >= 11 is 6.52. The van der Waals surface area contributed by atoms with E-state index in [0.717, 1.165) is 31.6 Å². The number of hydrogen-bond donors (Lipinski definition) is 2. The van der Waals surface area contributed by atoms with Gasteiger partial charge in [-0.15, -0.1) is 0 Å². The maximum atomic E-state index is 14.9. The molecule has 37 heavy (non-hydrogen) atoms. The molecule has 3 aromatic rings. The van der Waals surface area contributed by atoms with E-state index in [-0.39, 0.29) is 17.0 Å². The van der Waals surface area contributed by atoms with Crippen molar-refractivity contribution < 1.29 is 9.50 Å². The standard InChI is InChI=1S/C28H31ClFN5O2/c1-18(34-9-5-6-22(17-34)32-3)12-20(16-31-2)24-15-21(30)14-23(27(24)36)19-7-8-26(25(29)13-19)35-11-10-33(4)28(35)37/h7-8,10-16,22,32,36H,2,5-6,9,17H2,1,3-4H3/b18-12+,20-16+/t22-/m0/s1. The zero-order chi connectivity index (χ0) is 26.7. The van der Waals surface area contributed by atoms with Crippen LogP contribution in [0.2, 0.25) is 5.02 Å². The van der Waals surface area contributed by atoms with Gasteiger partial charge in [0, 0.05) is 67.2 Å². The van der Waals surface area contributed by atoms with Gasteiger partial charge in [-0.05, 0) is 69.4 Å². The van der Waals surface area contributed by atoms with Crippen molar-refractivity contribution in [2.75, 3.05) is 20.1 Å². The van der Waals surface area contributed by atoms with E-state index in [2.05, 4.69) is 21.9 Å².